The van der Waals surface area contributed by atoms with E-state index in [1.54, 1.807) is 20.8 Å². The summed E-state index contributed by atoms with van der Waals surface area (Å²) in [6.07, 6.45) is -0.724. The van der Waals surface area contributed by atoms with Gasteiger partial charge in [0.15, 0.2) is 0 Å². The van der Waals surface area contributed by atoms with Gasteiger partial charge >= 0.3 is 12.1 Å². The van der Waals surface area contributed by atoms with Gasteiger partial charge in [0, 0.05) is 10.6 Å². The van der Waals surface area contributed by atoms with Gasteiger partial charge < -0.3 is 15.2 Å². The maximum Gasteiger partial charge on any atom is 0.408 e. The van der Waals surface area contributed by atoms with Crippen molar-refractivity contribution in [3.8, 4) is 0 Å². The predicted octanol–water partition coefficient (Wildman–Crippen LogP) is 2.76. The number of carboxylic acid groups (broad SMARTS) is 1. The van der Waals surface area contributed by atoms with Crippen LogP contribution in [0.15, 0.2) is 35.2 Å². The lowest BCUT2D eigenvalue weighted by atomic mass is 10.2. The average molecular weight is 297 g/mol. The molecule has 0 aliphatic carbocycles. The van der Waals surface area contributed by atoms with Crippen molar-refractivity contribution in [2.75, 3.05) is 5.75 Å². The number of benzene rings is 1. The van der Waals surface area contributed by atoms with E-state index in [1.807, 2.05) is 30.3 Å². The van der Waals surface area contributed by atoms with Crippen molar-refractivity contribution in [3.63, 3.8) is 0 Å². The number of carboxylic acids is 1. The van der Waals surface area contributed by atoms with Crippen LogP contribution in [0.4, 0.5) is 4.79 Å². The molecule has 0 fully saturated rings. The molecule has 20 heavy (non-hydrogen) atoms. The molecule has 1 aromatic rings. The van der Waals surface area contributed by atoms with Gasteiger partial charge in [0.2, 0.25) is 0 Å². The van der Waals surface area contributed by atoms with Crippen molar-refractivity contribution >= 4 is 23.8 Å². The molecule has 0 aromatic heterocycles. The van der Waals surface area contributed by atoms with Crippen LogP contribution in [0.5, 0.6) is 0 Å². The minimum Gasteiger partial charge on any atom is -0.480 e. The third-order valence-corrected chi connectivity index (χ3v) is 3.25. The number of nitrogens with one attached hydrogen (secondary N) is 1. The fraction of sp³-hybridized carbons (Fsp3) is 0.429. The second-order valence-electron chi connectivity index (χ2n) is 5.16. The number of carbonyl (C=O) groups excluding carboxylic acids is 1. The lowest BCUT2D eigenvalue weighted by Gasteiger charge is -2.21. The summed E-state index contributed by atoms with van der Waals surface area (Å²) in [5, 5.41) is 11.5. The second-order valence-corrected chi connectivity index (χ2v) is 6.25. The molecule has 0 bridgehead atoms. The lowest BCUT2D eigenvalue weighted by molar-refractivity contribution is -0.138. The highest BCUT2D eigenvalue weighted by molar-refractivity contribution is 7.99. The van der Waals surface area contributed by atoms with E-state index in [0.717, 1.165) is 4.90 Å². The first-order chi connectivity index (χ1) is 9.28. The Morgan fingerprint density at radius 3 is 2.40 bits per heavy atom. The molecule has 1 rings (SSSR count). The Kier molecular flexibility index (Phi) is 5.88. The van der Waals surface area contributed by atoms with Gasteiger partial charge in [-0.05, 0) is 32.9 Å². The van der Waals surface area contributed by atoms with Crippen LogP contribution < -0.4 is 5.32 Å². The maximum absolute atomic E-state index is 11.6. The van der Waals surface area contributed by atoms with E-state index in [9.17, 15) is 9.59 Å². The molecule has 2 N–H and O–H groups in total. The van der Waals surface area contributed by atoms with Crippen molar-refractivity contribution in [2.24, 2.45) is 0 Å². The van der Waals surface area contributed by atoms with Crippen LogP contribution >= 0.6 is 11.8 Å². The van der Waals surface area contributed by atoms with Crippen LogP contribution in [-0.4, -0.2) is 34.6 Å². The monoisotopic (exact) mass is 297 g/mol. The first-order valence-electron chi connectivity index (χ1n) is 6.18. The minimum atomic E-state index is -1.08. The molecular weight excluding hydrogens is 278 g/mol. The largest absolute Gasteiger partial charge is 0.480 e. The summed E-state index contributed by atoms with van der Waals surface area (Å²) in [4.78, 5) is 23.7. The van der Waals surface area contributed by atoms with Crippen LogP contribution in [-0.2, 0) is 9.53 Å². The second kappa shape index (κ2) is 7.19. The number of alkyl carbamates (subject to hydrolysis) is 1. The normalized spacial score (nSPS) is 12.6. The third-order valence-electron chi connectivity index (χ3n) is 2.15. The van der Waals surface area contributed by atoms with E-state index in [0.29, 0.717) is 0 Å². The van der Waals surface area contributed by atoms with Gasteiger partial charge in [0.1, 0.15) is 11.6 Å². The van der Waals surface area contributed by atoms with Crippen LogP contribution in [0.2, 0.25) is 0 Å². The first kappa shape index (κ1) is 16.4. The van der Waals surface area contributed by atoms with E-state index in [4.69, 9.17) is 9.84 Å². The van der Waals surface area contributed by atoms with E-state index in [2.05, 4.69) is 5.32 Å². The van der Waals surface area contributed by atoms with Crippen molar-refractivity contribution in [1.82, 2.24) is 5.32 Å². The molecule has 6 heteroatoms. The summed E-state index contributed by atoms with van der Waals surface area (Å²) in [5.74, 6) is -0.849. The van der Waals surface area contributed by atoms with Crippen molar-refractivity contribution < 1.29 is 19.4 Å². The van der Waals surface area contributed by atoms with Gasteiger partial charge in [-0.3, -0.25) is 0 Å². The van der Waals surface area contributed by atoms with Crippen molar-refractivity contribution in [2.45, 2.75) is 37.3 Å². The molecule has 1 atom stereocenters. The molecule has 1 aromatic carbocycles. The molecule has 0 aliphatic heterocycles. The van der Waals surface area contributed by atoms with Crippen LogP contribution in [0.1, 0.15) is 20.8 Å². The van der Waals surface area contributed by atoms with Gasteiger partial charge in [-0.1, -0.05) is 18.2 Å². The topological polar surface area (TPSA) is 75.6 Å². The molecule has 110 valence electrons. The number of amides is 1. The number of ether oxygens (including phenoxy) is 1. The number of carbonyl (C=O) groups is 2. The van der Waals surface area contributed by atoms with Crippen molar-refractivity contribution in [1.29, 1.82) is 0 Å². The summed E-state index contributed by atoms with van der Waals surface area (Å²) in [6, 6.07) is 8.42. The number of aliphatic carboxylic acids is 1. The van der Waals surface area contributed by atoms with Gasteiger partial charge in [0.05, 0.1) is 0 Å². The summed E-state index contributed by atoms with van der Waals surface area (Å²) < 4.78 is 5.05. The highest BCUT2D eigenvalue weighted by Gasteiger charge is 2.23. The Labute approximate surface area is 122 Å². The molecular formula is C14H19NO4S. The fourth-order valence-corrected chi connectivity index (χ4v) is 2.26. The lowest BCUT2D eigenvalue weighted by Crippen LogP contribution is -2.44. The van der Waals surface area contributed by atoms with Gasteiger partial charge in [-0.25, -0.2) is 9.59 Å². The quantitative estimate of drug-likeness (QED) is 0.817. The molecule has 0 heterocycles. The Bertz CT molecular complexity index is 456. The standard InChI is InChI=1S/C14H19NO4S/c1-14(2,3)19-13(18)15-11(12(16)17)9-20-10-7-5-4-6-8-10/h4-8,11H,9H2,1-3H3,(H,15,18)(H,16,17)/t11-/m0/s1. The number of hydrogen-bond acceptors (Lipinski definition) is 4. The van der Waals surface area contributed by atoms with E-state index in [1.165, 1.54) is 11.8 Å². The van der Waals surface area contributed by atoms with Crippen LogP contribution in [0.3, 0.4) is 0 Å². The van der Waals surface area contributed by atoms with Gasteiger partial charge in [-0.15, -0.1) is 11.8 Å². The van der Waals surface area contributed by atoms with Crippen LogP contribution in [0.25, 0.3) is 0 Å². The van der Waals surface area contributed by atoms with Gasteiger partial charge in [0.25, 0.3) is 0 Å². The number of thioether (sulfide) groups is 1. The summed E-state index contributed by atoms with van der Waals surface area (Å²) in [7, 11) is 0. The smallest absolute Gasteiger partial charge is 0.408 e. The zero-order valence-electron chi connectivity index (χ0n) is 11.8. The van der Waals surface area contributed by atoms with Gasteiger partial charge in [-0.2, -0.15) is 0 Å². The molecule has 0 saturated carbocycles. The Hall–Kier alpha value is -1.69. The summed E-state index contributed by atoms with van der Waals surface area (Å²) in [6.45, 7) is 5.17. The van der Waals surface area contributed by atoms with E-state index in [-0.39, 0.29) is 5.75 Å². The average Bonchev–Trinajstić information content (AvgIpc) is 2.33. The van der Waals surface area contributed by atoms with Crippen molar-refractivity contribution in [3.05, 3.63) is 30.3 Å². The molecule has 5 nitrogen and oxygen atoms in total. The first-order valence-corrected chi connectivity index (χ1v) is 7.16. The number of rotatable bonds is 5. The Balaban J connectivity index is 2.53. The minimum absolute atomic E-state index is 0.235. The fourth-order valence-electron chi connectivity index (χ4n) is 1.32. The third kappa shape index (κ3) is 6.47. The zero-order chi connectivity index (χ0) is 15.2. The molecule has 1 amide bonds. The molecule has 0 radical (unpaired) electrons. The highest BCUT2D eigenvalue weighted by atomic mass is 32.2. The van der Waals surface area contributed by atoms with Crippen LogP contribution in [0, 0.1) is 0 Å². The SMILES string of the molecule is CC(C)(C)OC(=O)N[C@@H](CSc1ccccc1)C(=O)O. The summed E-state index contributed by atoms with van der Waals surface area (Å²) in [5.41, 5.74) is -0.653. The highest BCUT2D eigenvalue weighted by Crippen LogP contribution is 2.18. The predicted molar refractivity (Wildman–Crippen MR) is 78.0 cm³/mol. The Morgan fingerprint density at radius 2 is 1.90 bits per heavy atom. The Morgan fingerprint density at radius 1 is 1.30 bits per heavy atom. The molecule has 0 saturated heterocycles. The zero-order valence-corrected chi connectivity index (χ0v) is 12.6. The van der Waals surface area contributed by atoms with E-state index >= 15 is 0 Å². The molecule has 0 aliphatic rings. The molecule has 0 spiro atoms. The molecule has 0 unspecified atom stereocenters. The van der Waals surface area contributed by atoms with E-state index < -0.39 is 23.7 Å². The summed E-state index contributed by atoms with van der Waals surface area (Å²) >= 11 is 1.37. The number of hydrogen-bond donors (Lipinski definition) is 2. The maximum atomic E-state index is 11.6.